The fourth-order valence-electron chi connectivity index (χ4n) is 2.61. The van der Waals surface area contributed by atoms with Gasteiger partial charge in [-0.15, -0.1) is 0 Å². The molecule has 1 N–H and O–H groups in total. The fourth-order valence-corrected chi connectivity index (χ4v) is 2.61. The molecule has 1 fully saturated rings. The molecule has 88 valence electrons. The lowest BCUT2D eigenvalue weighted by molar-refractivity contribution is 0.455. The Balaban J connectivity index is 2.09. The summed E-state index contributed by atoms with van der Waals surface area (Å²) in [7, 11) is 0. The van der Waals surface area contributed by atoms with Gasteiger partial charge in [0.25, 0.3) is 0 Å². The molecule has 1 aromatic heterocycles. The van der Waals surface area contributed by atoms with Crippen LogP contribution < -0.4 is 5.32 Å². The lowest BCUT2D eigenvalue weighted by Crippen LogP contribution is -2.27. The van der Waals surface area contributed by atoms with E-state index in [1.54, 1.807) is 6.33 Å². The molecule has 3 nitrogen and oxygen atoms in total. The molecule has 1 saturated heterocycles. The van der Waals surface area contributed by atoms with Gasteiger partial charge in [-0.25, -0.2) is 9.97 Å². The third kappa shape index (κ3) is 2.03. The molecule has 1 aliphatic rings. The maximum Gasteiger partial charge on any atom is 0.116 e. The number of nitrogens with one attached hydrogen (secondary N) is 1. The summed E-state index contributed by atoms with van der Waals surface area (Å²) < 4.78 is 0. The second-order valence-electron chi connectivity index (χ2n) is 4.80. The predicted molar refractivity (Wildman–Crippen MR) is 69.1 cm³/mol. The molecule has 0 saturated carbocycles. The van der Waals surface area contributed by atoms with Gasteiger partial charge in [0.2, 0.25) is 0 Å². The van der Waals surface area contributed by atoms with E-state index < -0.39 is 0 Å². The van der Waals surface area contributed by atoms with Crippen molar-refractivity contribution >= 4 is 10.9 Å². The fraction of sp³-hybridized carbons (Fsp3) is 0.429. The van der Waals surface area contributed by atoms with Crippen LogP contribution in [0.25, 0.3) is 10.9 Å². The number of rotatable bonds is 1. The minimum Gasteiger partial charge on any atom is -0.317 e. The Morgan fingerprint density at radius 3 is 2.82 bits per heavy atom. The van der Waals surface area contributed by atoms with Gasteiger partial charge in [0.1, 0.15) is 6.33 Å². The number of aromatic nitrogens is 2. The monoisotopic (exact) mass is 227 g/mol. The highest BCUT2D eigenvalue weighted by Crippen LogP contribution is 2.28. The molecule has 3 rings (SSSR count). The first-order valence-electron chi connectivity index (χ1n) is 6.26. The molecule has 0 bridgehead atoms. The maximum atomic E-state index is 4.52. The van der Waals surface area contributed by atoms with Crippen molar-refractivity contribution in [2.75, 3.05) is 13.1 Å². The quantitative estimate of drug-likeness (QED) is 0.813. The van der Waals surface area contributed by atoms with Crippen molar-refractivity contribution < 1.29 is 0 Å². The molecule has 1 aliphatic heterocycles. The van der Waals surface area contributed by atoms with E-state index in [0.29, 0.717) is 5.92 Å². The molecule has 2 aromatic rings. The summed E-state index contributed by atoms with van der Waals surface area (Å²) in [6.07, 6.45) is 4.07. The number of hydrogen-bond donors (Lipinski definition) is 1. The van der Waals surface area contributed by atoms with E-state index in [1.165, 1.54) is 29.5 Å². The Kier molecular flexibility index (Phi) is 2.77. The van der Waals surface area contributed by atoms with Gasteiger partial charge in [-0.05, 0) is 44.5 Å². The number of aryl methyl sites for hydroxylation is 1. The van der Waals surface area contributed by atoms with Crippen molar-refractivity contribution in [3.63, 3.8) is 0 Å². The summed E-state index contributed by atoms with van der Waals surface area (Å²) in [6, 6.07) is 6.46. The summed E-state index contributed by atoms with van der Waals surface area (Å²) in [6.45, 7) is 4.30. The number of nitrogens with zero attached hydrogens (tertiary/aromatic N) is 2. The number of hydrogen-bond acceptors (Lipinski definition) is 3. The van der Waals surface area contributed by atoms with E-state index in [9.17, 15) is 0 Å². The minimum atomic E-state index is 0.587. The topological polar surface area (TPSA) is 37.8 Å². The zero-order valence-corrected chi connectivity index (χ0v) is 10.1. The molecule has 0 spiro atoms. The third-order valence-corrected chi connectivity index (χ3v) is 3.55. The Labute approximate surface area is 101 Å². The van der Waals surface area contributed by atoms with Crippen molar-refractivity contribution in [3.8, 4) is 0 Å². The van der Waals surface area contributed by atoms with Crippen LogP contribution in [0, 0.1) is 6.92 Å². The Morgan fingerprint density at radius 1 is 1.18 bits per heavy atom. The maximum absolute atomic E-state index is 4.52. The van der Waals surface area contributed by atoms with Crippen LogP contribution in [0.15, 0.2) is 24.5 Å². The van der Waals surface area contributed by atoms with E-state index in [4.69, 9.17) is 0 Å². The average Bonchev–Trinajstić information content (AvgIpc) is 2.39. The van der Waals surface area contributed by atoms with Gasteiger partial charge in [-0.3, -0.25) is 0 Å². The van der Waals surface area contributed by atoms with Crippen LogP contribution in [0.2, 0.25) is 0 Å². The van der Waals surface area contributed by atoms with Crippen LogP contribution in [0.1, 0.15) is 30.0 Å². The number of benzene rings is 1. The molecule has 0 aliphatic carbocycles. The van der Waals surface area contributed by atoms with Crippen LogP contribution in [0.4, 0.5) is 0 Å². The summed E-state index contributed by atoms with van der Waals surface area (Å²) in [5.74, 6) is 0.587. The smallest absolute Gasteiger partial charge is 0.116 e. The molecule has 0 amide bonds. The zero-order chi connectivity index (χ0) is 11.7. The summed E-state index contributed by atoms with van der Waals surface area (Å²) >= 11 is 0. The molecule has 3 heteroatoms. The molecule has 17 heavy (non-hydrogen) atoms. The van der Waals surface area contributed by atoms with Gasteiger partial charge < -0.3 is 5.32 Å². The molecule has 0 atom stereocenters. The molecule has 2 heterocycles. The zero-order valence-electron chi connectivity index (χ0n) is 10.1. The summed E-state index contributed by atoms with van der Waals surface area (Å²) in [4.78, 5) is 8.89. The van der Waals surface area contributed by atoms with E-state index in [0.717, 1.165) is 18.6 Å². The summed E-state index contributed by atoms with van der Waals surface area (Å²) in [5, 5.41) is 4.63. The number of fused-ring (bicyclic) bond motifs is 1. The van der Waals surface area contributed by atoms with E-state index in [-0.39, 0.29) is 0 Å². The lowest BCUT2D eigenvalue weighted by atomic mass is 9.92. The Bertz CT molecular complexity index is 530. The Hall–Kier alpha value is -1.48. The van der Waals surface area contributed by atoms with Crippen LogP contribution in [0.3, 0.4) is 0 Å². The predicted octanol–water partition coefficient (Wildman–Crippen LogP) is 2.41. The molecular formula is C14H17N3. The standard InChI is InChI=1S/C14H17N3/c1-10-2-3-12-13(8-10)16-9-17-14(12)11-4-6-15-7-5-11/h2-3,8-9,11,15H,4-7H2,1H3. The second kappa shape index (κ2) is 4.41. The van der Waals surface area contributed by atoms with Crippen LogP contribution in [-0.4, -0.2) is 23.1 Å². The Morgan fingerprint density at radius 2 is 2.00 bits per heavy atom. The minimum absolute atomic E-state index is 0.587. The van der Waals surface area contributed by atoms with Gasteiger partial charge in [0.05, 0.1) is 11.2 Å². The second-order valence-corrected chi connectivity index (χ2v) is 4.80. The van der Waals surface area contributed by atoms with Gasteiger partial charge in [0.15, 0.2) is 0 Å². The largest absolute Gasteiger partial charge is 0.317 e. The third-order valence-electron chi connectivity index (χ3n) is 3.55. The van der Waals surface area contributed by atoms with Crippen molar-refractivity contribution in [1.29, 1.82) is 0 Å². The average molecular weight is 227 g/mol. The van der Waals surface area contributed by atoms with Gasteiger partial charge in [-0.1, -0.05) is 12.1 Å². The first-order chi connectivity index (χ1) is 8.34. The van der Waals surface area contributed by atoms with Gasteiger partial charge in [0, 0.05) is 11.3 Å². The molecular weight excluding hydrogens is 210 g/mol. The highest BCUT2D eigenvalue weighted by molar-refractivity contribution is 5.81. The first-order valence-corrected chi connectivity index (χ1v) is 6.26. The van der Waals surface area contributed by atoms with E-state index in [1.807, 2.05) is 0 Å². The van der Waals surface area contributed by atoms with E-state index in [2.05, 4.69) is 40.4 Å². The van der Waals surface area contributed by atoms with Gasteiger partial charge >= 0.3 is 0 Å². The summed E-state index contributed by atoms with van der Waals surface area (Å²) in [5.41, 5.74) is 3.57. The highest BCUT2D eigenvalue weighted by Gasteiger charge is 2.18. The molecule has 0 radical (unpaired) electrons. The van der Waals surface area contributed by atoms with E-state index >= 15 is 0 Å². The van der Waals surface area contributed by atoms with Crippen LogP contribution in [0.5, 0.6) is 0 Å². The number of piperidine rings is 1. The molecule has 1 aromatic carbocycles. The van der Waals surface area contributed by atoms with Crippen molar-refractivity contribution in [3.05, 3.63) is 35.8 Å². The van der Waals surface area contributed by atoms with Crippen molar-refractivity contribution in [2.24, 2.45) is 0 Å². The van der Waals surface area contributed by atoms with Crippen LogP contribution in [-0.2, 0) is 0 Å². The first kappa shape index (κ1) is 10.7. The van der Waals surface area contributed by atoms with Gasteiger partial charge in [-0.2, -0.15) is 0 Å². The molecule has 0 unspecified atom stereocenters. The lowest BCUT2D eigenvalue weighted by Gasteiger charge is -2.22. The van der Waals surface area contributed by atoms with Crippen LogP contribution >= 0.6 is 0 Å². The van der Waals surface area contributed by atoms with Crippen molar-refractivity contribution in [2.45, 2.75) is 25.7 Å². The normalized spacial score (nSPS) is 17.5. The van der Waals surface area contributed by atoms with Crippen molar-refractivity contribution in [1.82, 2.24) is 15.3 Å². The highest BCUT2D eigenvalue weighted by atomic mass is 14.9. The SMILES string of the molecule is Cc1ccc2c(C3CCNCC3)ncnc2c1.